The molecule has 1 aliphatic carbocycles. The van der Waals surface area contributed by atoms with Gasteiger partial charge in [0, 0.05) is 6.04 Å². The largest absolute Gasteiger partial charge is 0.352 e. The maximum atomic E-state index is 11.9. The molecule has 2 amide bonds. The number of benzene rings is 1. The lowest BCUT2D eigenvalue weighted by molar-refractivity contribution is -0.180. The quantitative estimate of drug-likeness (QED) is 0.617. The fraction of sp³-hybridized carbons (Fsp3) is 0.500. The summed E-state index contributed by atoms with van der Waals surface area (Å²) < 4.78 is 0. The van der Waals surface area contributed by atoms with Gasteiger partial charge in [-0.1, -0.05) is 49.6 Å². The van der Waals surface area contributed by atoms with Gasteiger partial charge in [-0.15, -0.1) is 0 Å². The van der Waals surface area contributed by atoms with Gasteiger partial charge in [0.05, 0.1) is 0 Å². The predicted octanol–water partition coefficient (Wildman–Crippen LogP) is 2.03. The fourth-order valence-electron chi connectivity index (χ4n) is 2.51. The van der Waals surface area contributed by atoms with Gasteiger partial charge in [-0.3, -0.25) is 14.4 Å². The van der Waals surface area contributed by atoms with Crippen LogP contribution in [0.3, 0.4) is 0 Å². The highest BCUT2D eigenvalue weighted by Gasteiger charge is 2.17. The van der Waals surface area contributed by atoms with Crippen molar-refractivity contribution in [1.29, 1.82) is 0 Å². The third-order valence-corrected chi connectivity index (χ3v) is 3.63. The van der Waals surface area contributed by atoms with Gasteiger partial charge in [-0.25, -0.2) is 5.06 Å². The number of rotatable bonds is 7. The number of nitrogens with zero attached hydrogens (tertiary/aromatic N) is 1. The van der Waals surface area contributed by atoms with Crippen LogP contribution in [0.4, 0.5) is 0 Å². The smallest absolute Gasteiger partial charge is 0.242 e. The molecule has 0 aromatic heterocycles. The molecular weight excluding hydrogens is 268 g/mol. The van der Waals surface area contributed by atoms with Crippen LogP contribution in [0.15, 0.2) is 30.3 Å². The predicted molar refractivity (Wildman–Crippen MR) is 79.0 cm³/mol. The fourth-order valence-corrected chi connectivity index (χ4v) is 2.51. The third-order valence-electron chi connectivity index (χ3n) is 3.63. The maximum absolute atomic E-state index is 11.9. The van der Waals surface area contributed by atoms with Gasteiger partial charge in [0.15, 0.2) is 0 Å². The van der Waals surface area contributed by atoms with Gasteiger partial charge in [0.25, 0.3) is 0 Å². The molecule has 0 radical (unpaired) electrons. The van der Waals surface area contributed by atoms with E-state index in [4.69, 9.17) is 4.84 Å². The highest BCUT2D eigenvalue weighted by molar-refractivity contribution is 5.79. The summed E-state index contributed by atoms with van der Waals surface area (Å²) in [6, 6.07) is 9.78. The summed E-state index contributed by atoms with van der Waals surface area (Å²) in [4.78, 5) is 28.2. The third kappa shape index (κ3) is 5.55. The van der Waals surface area contributed by atoms with Gasteiger partial charge < -0.3 is 5.32 Å². The second-order valence-corrected chi connectivity index (χ2v) is 5.34. The van der Waals surface area contributed by atoms with E-state index >= 15 is 0 Å². The van der Waals surface area contributed by atoms with E-state index < -0.39 is 0 Å². The summed E-state index contributed by atoms with van der Waals surface area (Å²) in [5.74, 6) is -0.165. The first-order chi connectivity index (χ1) is 10.3. The maximum Gasteiger partial charge on any atom is 0.242 e. The first kappa shape index (κ1) is 15.5. The SMILES string of the molecule is O=CN(CC(=O)NC1CCCCC1)OCc1ccccc1. The zero-order valence-corrected chi connectivity index (χ0v) is 12.2. The zero-order valence-electron chi connectivity index (χ0n) is 12.2. The Morgan fingerprint density at radius 2 is 1.95 bits per heavy atom. The Hall–Kier alpha value is -1.88. The summed E-state index contributed by atoms with van der Waals surface area (Å²) in [6.45, 7) is 0.211. The Morgan fingerprint density at radius 3 is 2.62 bits per heavy atom. The van der Waals surface area contributed by atoms with Gasteiger partial charge >= 0.3 is 0 Å². The summed E-state index contributed by atoms with van der Waals surface area (Å²) in [6.07, 6.45) is 6.16. The van der Waals surface area contributed by atoms with Crippen molar-refractivity contribution < 1.29 is 14.4 Å². The van der Waals surface area contributed by atoms with Crippen LogP contribution in [0.2, 0.25) is 0 Å². The zero-order chi connectivity index (χ0) is 14.9. The second kappa shape index (κ2) is 8.42. The number of hydrogen-bond acceptors (Lipinski definition) is 3. The summed E-state index contributed by atoms with van der Waals surface area (Å²) in [5.41, 5.74) is 0.956. The van der Waals surface area contributed by atoms with Crippen LogP contribution in [0.1, 0.15) is 37.7 Å². The normalized spacial score (nSPS) is 15.4. The average Bonchev–Trinajstić information content (AvgIpc) is 2.53. The Morgan fingerprint density at radius 1 is 1.24 bits per heavy atom. The van der Waals surface area contributed by atoms with Crippen molar-refractivity contribution >= 4 is 12.3 Å². The van der Waals surface area contributed by atoms with Crippen molar-refractivity contribution in [2.45, 2.75) is 44.8 Å². The van der Waals surface area contributed by atoms with Crippen LogP contribution in [0, 0.1) is 0 Å². The van der Waals surface area contributed by atoms with E-state index in [1.54, 1.807) is 0 Å². The van der Waals surface area contributed by atoms with Crippen molar-refractivity contribution in [2.24, 2.45) is 0 Å². The molecule has 114 valence electrons. The lowest BCUT2D eigenvalue weighted by atomic mass is 9.95. The molecule has 0 aliphatic heterocycles. The van der Waals surface area contributed by atoms with E-state index in [2.05, 4.69) is 5.32 Å². The van der Waals surface area contributed by atoms with E-state index in [0.717, 1.165) is 36.3 Å². The molecule has 0 bridgehead atoms. The molecule has 1 N–H and O–H groups in total. The lowest BCUT2D eigenvalue weighted by Crippen LogP contribution is -2.42. The molecule has 2 rings (SSSR count). The van der Waals surface area contributed by atoms with E-state index in [9.17, 15) is 9.59 Å². The molecular formula is C16H22N2O3. The molecule has 0 atom stereocenters. The molecule has 1 saturated carbocycles. The molecule has 1 aromatic rings. The van der Waals surface area contributed by atoms with Crippen molar-refractivity contribution in [2.75, 3.05) is 6.54 Å². The first-order valence-corrected chi connectivity index (χ1v) is 7.46. The molecule has 21 heavy (non-hydrogen) atoms. The van der Waals surface area contributed by atoms with Crippen molar-refractivity contribution in [3.8, 4) is 0 Å². The molecule has 1 aromatic carbocycles. The van der Waals surface area contributed by atoms with E-state index in [1.807, 2.05) is 30.3 Å². The minimum Gasteiger partial charge on any atom is -0.352 e. The molecule has 1 fully saturated rings. The molecule has 5 nitrogen and oxygen atoms in total. The van der Waals surface area contributed by atoms with E-state index in [0.29, 0.717) is 6.41 Å². The topological polar surface area (TPSA) is 58.6 Å². The van der Waals surface area contributed by atoms with Crippen molar-refractivity contribution in [3.05, 3.63) is 35.9 Å². The number of hydroxylamine groups is 2. The van der Waals surface area contributed by atoms with Gasteiger partial charge in [-0.2, -0.15) is 0 Å². The highest BCUT2D eigenvalue weighted by atomic mass is 16.7. The highest BCUT2D eigenvalue weighted by Crippen LogP contribution is 2.17. The Balaban J connectivity index is 1.73. The Labute approximate surface area is 125 Å². The lowest BCUT2D eigenvalue weighted by Gasteiger charge is -2.24. The molecule has 1 aliphatic rings. The minimum atomic E-state index is -0.165. The average molecular weight is 290 g/mol. The number of nitrogens with one attached hydrogen (secondary N) is 1. The van der Waals surface area contributed by atoms with Crippen LogP contribution >= 0.6 is 0 Å². The monoisotopic (exact) mass is 290 g/mol. The van der Waals surface area contributed by atoms with Crippen LogP contribution in [-0.4, -0.2) is 30.0 Å². The van der Waals surface area contributed by atoms with Crippen molar-refractivity contribution in [3.63, 3.8) is 0 Å². The van der Waals surface area contributed by atoms with Gasteiger partial charge in [0.2, 0.25) is 12.3 Å². The molecule has 0 saturated heterocycles. The molecule has 5 heteroatoms. The molecule has 0 unspecified atom stereocenters. The van der Waals surface area contributed by atoms with Gasteiger partial charge in [0.1, 0.15) is 13.2 Å². The van der Waals surface area contributed by atoms with Crippen LogP contribution in [-0.2, 0) is 21.0 Å². The van der Waals surface area contributed by atoms with E-state index in [1.165, 1.54) is 6.42 Å². The summed E-state index contributed by atoms with van der Waals surface area (Å²) >= 11 is 0. The van der Waals surface area contributed by atoms with Gasteiger partial charge in [-0.05, 0) is 18.4 Å². The summed E-state index contributed by atoms with van der Waals surface area (Å²) in [5, 5.41) is 4.01. The number of carbonyl (C=O) groups is 2. The summed E-state index contributed by atoms with van der Waals surface area (Å²) in [7, 11) is 0. The molecule has 0 spiro atoms. The number of carbonyl (C=O) groups excluding carboxylic acids is 2. The Kier molecular flexibility index (Phi) is 6.22. The standard InChI is InChI=1S/C16H22N2O3/c19-13-18(21-12-14-7-3-1-4-8-14)11-16(20)17-15-9-5-2-6-10-15/h1,3-4,7-8,13,15H,2,5-6,9-12H2,(H,17,20). The second-order valence-electron chi connectivity index (χ2n) is 5.34. The number of amides is 2. The van der Waals surface area contributed by atoms with Crippen LogP contribution in [0.5, 0.6) is 0 Å². The molecule has 0 heterocycles. The van der Waals surface area contributed by atoms with Crippen LogP contribution in [0.25, 0.3) is 0 Å². The van der Waals surface area contributed by atoms with Crippen molar-refractivity contribution in [1.82, 2.24) is 10.4 Å². The van der Waals surface area contributed by atoms with Crippen LogP contribution < -0.4 is 5.32 Å². The van der Waals surface area contributed by atoms with E-state index in [-0.39, 0.29) is 25.1 Å². The first-order valence-electron chi connectivity index (χ1n) is 7.46. The minimum absolute atomic E-state index is 0.0627. The number of hydrogen-bond donors (Lipinski definition) is 1. The Bertz CT molecular complexity index is 444.